The van der Waals surface area contributed by atoms with E-state index < -0.39 is 5.60 Å². The summed E-state index contributed by atoms with van der Waals surface area (Å²) in [5, 5.41) is 2.07. The first-order chi connectivity index (χ1) is 18.5. The zero-order valence-electron chi connectivity index (χ0n) is 22.5. The van der Waals surface area contributed by atoms with Gasteiger partial charge in [0.05, 0.1) is 19.1 Å². The lowest BCUT2D eigenvalue weighted by atomic mass is 9.37. The van der Waals surface area contributed by atoms with Gasteiger partial charge < -0.3 is 19.1 Å². The Bertz CT molecular complexity index is 1350. The number of hydrogen-bond acceptors (Lipinski definition) is 6. The number of amides is 1. The third-order valence-corrected chi connectivity index (χ3v) is 11.8. The second-order valence-electron chi connectivity index (χ2n) is 12.4. The molecule has 0 unspecified atom stereocenters. The van der Waals surface area contributed by atoms with Crippen LogP contribution in [0.4, 0.5) is 0 Å². The molecule has 4 bridgehead atoms. The van der Waals surface area contributed by atoms with Crippen molar-refractivity contribution in [2.24, 2.45) is 11.3 Å². The molecule has 6 nitrogen and oxygen atoms in total. The summed E-state index contributed by atoms with van der Waals surface area (Å²) in [5.41, 5.74) is 2.43. The second kappa shape index (κ2) is 7.86. The molecule has 38 heavy (non-hydrogen) atoms. The molecule has 2 aliphatic heterocycles. The van der Waals surface area contributed by atoms with Gasteiger partial charge in [0.2, 0.25) is 0 Å². The van der Waals surface area contributed by atoms with Gasteiger partial charge >= 0.3 is 0 Å². The van der Waals surface area contributed by atoms with Crippen molar-refractivity contribution in [3.8, 4) is 11.5 Å². The number of ether oxygens (including phenoxy) is 3. The summed E-state index contributed by atoms with van der Waals surface area (Å²) >= 11 is 1.69. The Morgan fingerprint density at radius 3 is 2.82 bits per heavy atom. The molecule has 1 aromatic carbocycles. The maximum absolute atomic E-state index is 14.3. The van der Waals surface area contributed by atoms with E-state index in [0.717, 1.165) is 55.2 Å². The molecule has 2 aromatic rings. The number of fused-ring (bicyclic) bond motifs is 1. The fourth-order valence-electron chi connectivity index (χ4n) is 9.16. The van der Waals surface area contributed by atoms with Crippen LogP contribution in [0.15, 0.2) is 41.3 Å². The summed E-state index contributed by atoms with van der Waals surface area (Å²) in [6.45, 7) is 2.86. The molecule has 5 atom stereocenters. The average molecular weight is 533 g/mol. The number of likely N-dealkylation sites (tertiary alicyclic amines) is 1. The van der Waals surface area contributed by atoms with Crippen LogP contribution in [-0.4, -0.2) is 67.8 Å². The van der Waals surface area contributed by atoms with Crippen molar-refractivity contribution in [2.45, 2.75) is 68.2 Å². The predicted octanol–water partition coefficient (Wildman–Crippen LogP) is 4.56. The highest BCUT2D eigenvalue weighted by Crippen LogP contribution is 2.75. The van der Waals surface area contributed by atoms with Gasteiger partial charge in [-0.05, 0) is 74.1 Å². The van der Waals surface area contributed by atoms with Crippen LogP contribution in [-0.2, 0) is 27.9 Å². The van der Waals surface area contributed by atoms with Crippen LogP contribution in [0.25, 0.3) is 0 Å². The summed E-state index contributed by atoms with van der Waals surface area (Å²) in [5.74, 6) is 2.59. The van der Waals surface area contributed by atoms with E-state index in [4.69, 9.17) is 14.2 Å². The number of carbonyl (C=O) groups excluding carboxylic acids is 1. The van der Waals surface area contributed by atoms with Crippen LogP contribution in [0.1, 0.15) is 48.1 Å². The summed E-state index contributed by atoms with van der Waals surface area (Å²) in [6, 6.07) is 8.87. The highest BCUT2D eigenvalue weighted by Gasteiger charge is 2.79. The van der Waals surface area contributed by atoms with Gasteiger partial charge in [0.15, 0.2) is 11.5 Å². The number of rotatable bonds is 7. The van der Waals surface area contributed by atoms with E-state index in [-0.39, 0.29) is 22.8 Å². The van der Waals surface area contributed by atoms with Crippen molar-refractivity contribution in [1.82, 2.24) is 9.80 Å². The van der Waals surface area contributed by atoms with E-state index in [2.05, 4.69) is 34.6 Å². The molecule has 3 heterocycles. The van der Waals surface area contributed by atoms with Gasteiger partial charge in [0, 0.05) is 48.2 Å². The molecule has 200 valence electrons. The van der Waals surface area contributed by atoms with Crippen LogP contribution in [0.3, 0.4) is 0 Å². The van der Waals surface area contributed by atoms with Gasteiger partial charge in [-0.15, -0.1) is 11.3 Å². The lowest BCUT2D eigenvalue weighted by molar-refractivity contribution is -0.198. The molecule has 9 rings (SSSR count). The molecule has 2 spiro atoms. The largest absolute Gasteiger partial charge is 0.493 e. The first-order valence-corrected chi connectivity index (χ1v) is 15.0. The second-order valence-corrected chi connectivity index (χ2v) is 13.5. The maximum Gasteiger partial charge on any atom is 0.252 e. The lowest BCUT2D eigenvalue weighted by Gasteiger charge is -2.70. The summed E-state index contributed by atoms with van der Waals surface area (Å²) < 4.78 is 19.4. The highest BCUT2D eigenvalue weighted by atomic mass is 32.1. The highest BCUT2D eigenvalue weighted by molar-refractivity contribution is 7.09. The molecule has 0 N–H and O–H groups in total. The first kappa shape index (κ1) is 23.5. The van der Waals surface area contributed by atoms with Crippen molar-refractivity contribution < 1.29 is 19.0 Å². The molecule has 3 fully saturated rings. The summed E-state index contributed by atoms with van der Waals surface area (Å²) in [7, 11) is 5.44. The number of methoxy groups -OCH3 is 2. The molecule has 0 radical (unpaired) electrons. The van der Waals surface area contributed by atoms with E-state index in [9.17, 15) is 4.79 Å². The van der Waals surface area contributed by atoms with Crippen molar-refractivity contribution >= 4 is 17.2 Å². The number of piperidine rings is 1. The molecule has 2 saturated carbocycles. The fourth-order valence-corrected chi connectivity index (χ4v) is 9.92. The molecule has 1 amide bonds. The quantitative estimate of drug-likeness (QED) is 0.523. The van der Waals surface area contributed by atoms with Gasteiger partial charge in [-0.25, -0.2) is 0 Å². The molecule has 7 aliphatic rings. The normalized spacial score (nSPS) is 35.9. The Balaban J connectivity index is 1.32. The van der Waals surface area contributed by atoms with Crippen molar-refractivity contribution in [3.05, 3.63) is 57.3 Å². The van der Waals surface area contributed by atoms with E-state index in [1.807, 2.05) is 18.0 Å². The maximum atomic E-state index is 14.3. The van der Waals surface area contributed by atoms with Gasteiger partial charge in [0.25, 0.3) is 5.91 Å². The van der Waals surface area contributed by atoms with E-state index in [1.54, 1.807) is 25.6 Å². The zero-order chi connectivity index (χ0) is 25.9. The summed E-state index contributed by atoms with van der Waals surface area (Å²) in [4.78, 5) is 20.2. The topological polar surface area (TPSA) is 51.2 Å². The standard InChI is InChI=1S/C31H36N2O4S/c1-32(18-21-5-4-14-38-21)27(34)22-16-29-10-11-31(22,36-3)28-30(29)12-13-33(17-19-6-7-19)24(29)15-20-8-9-23(35-2)26(37-28)25(20)30/h4-5,8-9,14,16,19,24,28H,6-7,10-13,15,17-18H2,1-3H3/t24-,28-,29-,30+,31-/m1/s1. The lowest BCUT2D eigenvalue weighted by Crippen LogP contribution is -2.78. The SMILES string of the molecule is COc1ccc2c3c1O[C@@H]1[C@]34CCN(CC3CC3)[C@H](C2)[C@@]42C=C(C(=O)N(C)Cc3cccs3)[C@]1(OC)CC2. The van der Waals surface area contributed by atoms with Crippen molar-refractivity contribution in [2.75, 3.05) is 34.4 Å². The molecular weight excluding hydrogens is 496 g/mol. The first-order valence-electron chi connectivity index (χ1n) is 14.1. The Labute approximate surface area is 228 Å². The average Bonchev–Trinajstić information content (AvgIpc) is 3.45. The minimum absolute atomic E-state index is 0.0679. The molecular formula is C31H36N2O4S. The molecule has 5 aliphatic carbocycles. The van der Waals surface area contributed by atoms with Crippen LogP contribution in [0.2, 0.25) is 0 Å². The number of thiophene rings is 1. The number of nitrogens with zero attached hydrogens (tertiary/aromatic N) is 2. The minimum atomic E-state index is -0.773. The van der Waals surface area contributed by atoms with Crippen molar-refractivity contribution in [1.29, 1.82) is 0 Å². The Hall–Kier alpha value is -2.35. The van der Waals surface area contributed by atoms with Gasteiger partial charge in [-0.1, -0.05) is 18.2 Å². The Kier molecular flexibility index (Phi) is 4.87. The third-order valence-electron chi connectivity index (χ3n) is 10.9. The van der Waals surface area contributed by atoms with Gasteiger partial charge in [-0.3, -0.25) is 9.69 Å². The number of benzene rings is 1. The van der Waals surface area contributed by atoms with Crippen LogP contribution in [0, 0.1) is 11.3 Å². The van der Waals surface area contributed by atoms with Crippen LogP contribution >= 0.6 is 11.3 Å². The Morgan fingerprint density at radius 2 is 2.08 bits per heavy atom. The summed E-state index contributed by atoms with van der Waals surface area (Å²) in [6.07, 6.45) is 8.74. The third kappa shape index (κ3) is 2.73. The smallest absolute Gasteiger partial charge is 0.252 e. The molecule has 7 heteroatoms. The number of carbonyl (C=O) groups is 1. The Morgan fingerprint density at radius 1 is 1.21 bits per heavy atom. The number of hydrogen-bond donors (Lipinski definition) is 0. The van der Waals surface area contributed by atoms with Crippen LogP contribution < -0.4 is 9.47 Å². The van der Waals surface area contributed by atoms with Gasteiger partial charge in [-0.2, -0.15) is 0 Å². The molecule has 1 aromatic heterocycles. The number of likely N-dealkylation sites (N-methyl/N-ethyl adjacent to an activating group) is 1. The predicted molar refractivity (Wildman–Crippen MR) is 146 cm³/mol. The monoisotopic (exact) mass is 532 g/mol. The van der Waals surface area contributed by atoms with Gasteiger partial charge in [0.1, 0.15) is 11.7 Å². The fraction of sp³-hybridized carbons (Fsp3) is 0.581. The minimum Gasteiger partial charge on any atom is -0.493 e. The van der Waals surface area contributed by atoms with E-state index >= 15 is 0 Å². The van der Waals surface area contributed by atoms with Crippen LogP contribution in [0.5, 0.6) is 11.5 Å². The van der Waals surface area contributed by atoms with E-state index in [0.29, 0.717) is 12.6 Å². The van der Waals surface area contributed by atoms with Crippen molar-refractivity contribution in [3.63, 3.8) is 0 Å². The zero-order valence-corrected chi connectivity index (χ0v) is 23.3. The van der Waals surface area contributed by atoms with E-state index in [1.165, 1.54) is 35.4 Å². The molecule has 1 saturated heterocycles.